The second-order valence-electron chi connectivity index (χ2n) is 1.57. The monoisotopic (exact) mass is 191 g/mol. The van der Waals surface area contributed by atoms with Crippen molar-refractivity contribution < 1.29 is 0 Å². The van der Waals surface area contributed by atoms with Crippen molar-refractivity contribution in [1.82, 2.24) is 0 Å². The van der Waals surface area contributed by atoms with Crippen LogP contribution in [-0.4, -0.2) is 12.4 Å². The van der Waals surface area contributed by atoms with Crippen molar-refractivity contribution in [1.29, 1.82) is 0 Å². The van der Waals surface area contributed by atoms with Crippen LogP contribution in [0.4, 0.5) is 0 Å². The third-order valence-corrected chi connectivity index (χ3v) is 1.06. The molecule has 0 heterocycles. The maximum absolute atomic E-state index is 5.31. The van der Waals surface area contributed by atoms with E-state index in [0.29, 0.717) is 0 Å². The molecule has 0 aromatic carbocycles. The number of nitrogens with zero attached hydrogens (tertiary/aromatic N) is 1. The standard InChI is InChI=1S/C5H10BrN3/c1-4(8)9-3-5(6)2-7/h2-4H,7-8H2,1H3. The lowest BCUT2D eigenvalue weighted by Crippen LogP contribution is -2.10. The molecular formula is C5H10BrN3. The number of aliphatic imine (C=N–C) groups is 1. The molecule has 52 valence electrons. The molecule has 0 fully saturated rings. The Morgan fingerprint density at radius 3 is 2.67 bits per heavy atom. The molecule has 4 N–H and O–H groups in total. The van der Waals surface area contributed by atoms with Gasteiger partial charge >= 0.3 is 0 Å². The molecule has 0 aromatic rings. The number of nitrogens with two attached hydrogens (primary N) is 2. The van der Waals surface area contributed by atoms with Crippen LogP contribution in [0, 0.1) is 0 Å². The first kappa shape index (κ1) is 8.65. The average Bonchev–Trinajstić information content (AvgIpc) is 1.83. The lowest BCUT2D eigenvalue weighted by molar-refractivity contribution is 0.797. The summed E-state index contributed by atoms with van der Waals surface area (Å²) in [5, 5.41) is 0. The van der Waals surface area contributed by atoms with Crippen molar-refractivity contribution in [2.45, 2.75) is 13.1 Å². The molecule has 4 heteroatoms. The summed E-state index contributed by atoms with van der Waals surface area (Å²) >= 11 is 3.14. The summed E-state index contributed by atoms with van der Waals surface area (Å²) in [4.78, 5) is 3.85. The SMILES string of the molecule is CC(N)N=CC(Br)=CN. The predicted octanol–water partition coefficient (Wildman–Crippen LogP) is 0.557. The van der Waals surface area contributed by atoms with Crippen LogP contribution < -0.4 is 11.5 Å². The first-order valence-electron chi connectivity index (χ1n) is 2.53. The fraction of sp³-hybridized carbons (Fsp3) is 0.400. The van der Waals surface area contributed by atoms with Crippen molar-refractivity contribution in [3.63, 3.8) is 0 Å². The molecule has 0 saturated heterocycles. The van der Waals surface area contributed by atoms with E-state index in [0.717, 1.165) is 4.48 Å². The Kier molecular flexibility index (Phi) is 4.35. The van der Waals surface area contributed by atoms with Crippen LogP contribution >= 0.6 is 15.9 Å². The van der Waals surface area contributed by atoms with Crippen LogP contribution in [0.5, 0.6) is 0 Å². The van der Waals surface area contributed by atoms with E-state index in [1.165, 1.54) is 6.20 Å². The highest BCUT2D eigenvalue weighted by atomic mass is 79.9. The molecule has 0 aliphatic rings. The van der Waals surface area contributed by atoms with E-state index in [-0.39, 0.29) is 6.17 Å². The van der Waals surface area contributed by atoms with Crippen LogP contribution in [-0.2, 0) is 0 Å². The van der Waals surface area contributed by atoms with Crippen LogP contribution in [0.3, 0.4) is 0 Å². The fourth-order valence-electron chi connectivity index (χ4n) is 0.232. The van der Waals surface area contributed by atoms with Gasteiger partial charge in [-0.1, -0.05) is 0 Å². The molecular weight excluding hydrogens is 182 g/mol. The highest BCUT2D eigenvalue weighted by Crippen LogP contribution is 1.97. The Morgan fingerprint density at radius 2 is 2.33 bits per heavy atom. The van der Waals surface area contributed by atoms with Gasteiger partial charge in [0.25, 0.3) is 0 Å². The summed E-state index contributed by atoms with van der Waals surface area (Å²) in [6.07, 6.45) is 2.81. The van der Waals surface area contributed by atoms with E-state index < -0.39 is 0 Å². The van der Waals surface area contributed by atoms with Gasteiger partial charge in [-0.25, -0.2) is 0 Å². The molecule has 0 aliphatic heterocycles. The van der Waals surface area contributed by atoms with E-state index in [2.05, 4.69) is 20.9 Å². The molecule has 0 aliphatic carbocycles. The molecule has 0 spiro atoms. The van der Waals surface area contributed by atoms with Gasteiger partial charge in [0.15, 0.2) is 0 Å². The minimum absolute atomic E-state index is 0.169. The van der Waals surface area contributed by atoms with E-state index in [4.69, 9.17) is 11.5 Å². The van der Waals surface area contributed by atoms with Gasteiger partial charge in [-0.2, -0.15) is 0 Å². The second kappa shape index (κ2) is 4.52. The second-order valence-corrected chi connectivity index (χ2v) is 2.49. The molecule has 0 radical (unpaired) electrons. The predicted molar refractivity (Wildman–Crippen MR) is 43.3 cm³/mol. The summed E-state index contributed by atoms with van der Waals surface area (Å²) < 4.78 is 0.736. The summed E-state index contributed by atoms with van der Waals surface area (Å²) in [6, 6.07) is 0. The molecule has 0 amide bonds. The number of hydrogen-bond donors (Lipinski definition) is 2. The van der Waals surface area contributed by atoms with Gasteiger partial charge in [0.05, 0.1) is 10.6 Å². The molecule has 0 rings (SSSR count). The minimum Gasteiger partial charge on any atom is -0.404 e. The highest BCUT2D eigenvalue weighted by Gasteiger charge is 1.84. The van der Waals surface area contributed by atoms with E-state index in [9.17, 15) is 0 Å². The van der Waals surface area contributed by atoms with Crippen molar-refractivity contribution in [3.8, 4) is 0 Å². The summed E-state index contributed by atoms with van der Waals surface area (Å²) in [7, 11) is 0. The largest absolute Gasteiger partial charge is 0.404 e. The summed E-state index contributed by atoms with van der Waals surface area (Å²) in [5.74, 6) is 0. The zero-order chi connectivity index (χ0) is 7.28. The van der Waals surface area contributed by atoms with Gasteiger partial charge in [0.2, 0.25) is 0 Å². The fourth-order valence-corrected chi connectivity index (χ4v) is 0.350. The number of halogens is 1. The first-order valence-corrected chi connectivity index (χ1v) is 3.32. The van der Waals surface area contributed by atoms with Gasteiger partial charge < -0.3 is 11.5 Å². The molecule has 1 atom stereocenters. The first-order chi connectivity index (χ1) is 4.16. The zero-order valence-corrected chi connectivity index (χ0v) is 6.80. The summed E-state index contributed by atoms with van der Waals surface area (Å²) in [6.45, 7) is 1.79. The Bertz CT molecular complexity index is 128. The van der Waals surface area contributed by atoms with Crippen LogP contribution in [0.15, 0.2) is 15.7 Å². The lowest BCUT2D eigenvalue weighted by atomic mass is 10.6. The topological polar surface area (TPSA) is 64.4 Å². The van der Waals surface area contributed by atoms with Gasteiger partial charge in [-0.3, -0.25) is 4.99 Å². The van der Waals surface area contributed by atoms with Gasteiger partial charge in [-0.15, -0.1) is 0 Å². The molecule has 1 unspecified atom stereocenters. The molecule has 0 bridgehead atoms. The maximum Gasteiger partial charge on any atom is 0.0941 e. The Labute approximate surface area is 63.0 Å². The maximum atomic E-state index is 5.31. The minimum atomic E-state index is -0.169. The lowest BCUT2D eigenvalue weighted by Gasteiger charge is -1.92. The van der Waals surface area contributed by atoms with Crippen LogP contribution in [0.1, 0.15) is 6.92 Å². The van der Waals surface area contributed by atoms with Crippen LogP contribution in [0.25, 0.3) is 0 Å². The molecule has 0 saturated carbocycles. The highest BCUT2D eigenvalue weighted by molar-refractivity contribution is 9.12. The molecule has 9 heavy (non-hydrogen) atoms. The zero-order valence-electron chi connectivity index (χ0n) is 5.21. The normalized spacial score (nSPS) is 16.6. The van der Waals surface area contributed by atoms with Gasteiger partial charge in [0.1, 0.15) is 0 Å². The number of allylic oxidation sites excluding steroid dienone is 1. The molecule has 0 aromatic heterocycles. The quantitative estimate of drug-likeness (QED) is 0.627. The van der Waals surface area contributed by atoms with Crippen LogP contribution in [0.2, 0.25) is 0 Å². The molecule has 3 nitrogen and oxygen atoms in total. The summed E-state index contributed by atoms with van der Waals surface area (Å²) in [5.41, 5.74) is 10.4. The van der Waals surface area contributed by atoms with Crippen molar-refractivity contribution in [2.24, 2.45) is 16.5 Å². The van der Waals surface area contributed by atoms with E-state index in [1.807, 2.05) is 0 Å². The van der Waals surface area contributed by atoms with Crippen molar-refractivity contribution in [3.05, 3.63) is 10.7 Å². The third kappa shape index (κ3) is 5.52. The smallest absolute Gasteiger partial charge is 0.0941 e. The van der Waals surface area contributed by atoms with E-state index in [1.54, 1.807) is 13.1 Å². The van der Waals surface area contributed by atoms with Crippen molar-refractivity contribution in [2.75, 3.05) is 0 Å². The van der Waals surface area contributed by atoms with Gasteiger partial charge in [0, 0.05) is 12.4 Å². The average molecular weight is 192 g/mol. The van der Waals surface area contributed by atoms with Gasteiger partial charge in [-0.05, 0) is 22.9 Å². The van der Waals surface area contributed by atoms with Crippen molar-refractivity contribution >= 4 is 22.1 Å². The Morgan fingerprint density at radius 1 is 1.78 bits per heavy atom. The number of hydrogen-bond acceptors (Lipinski definition) is 3. The third-order valence-electron chi connectivity index (χ3n) is 0.592. The number of rotatable bonds is 2. The Balaban J connectivity index is 3.71. The Hall–Kier alpha value is -0.350. The van der Waals surface area contributed by atoms with E-state index >= 15 is 0 Å².